The minimum absolute atomic E-state index is 0.0921. The van der Waals surface area contributed by atoms with Gasteiger partial charge in [0.25, 0.3) is 0 Å². The van der Waals surface area contributed by atoms with Gasteiger partial charge in [-0.15, -0.1) is 11.3 Å². The highest BCUT2D eigenvalue weighted by atomic mass is 79.9. The van der Waals surface area contributed by atoms with E-state index in [4.69, 9.17) is 10.5 Å². The molecule has 4 nitrogen and oxygen atoms in total. The molecule has 0 unspecified atom stereocenters. The number of halogens is 1. The fourth-order valence-electron chi connectivity index (χ4n) is 1.91. The molecule has 94 valence electrons. The lowest BCUT2D eigenvalue weighted by Gasteiger charge is -2.10. The third kappa shape index (κ3) is 2.10. The molecule has 1 aromatic heterocycles. The molecule has 1 aliphatic rings. The number of primary amides is 1. The number of ether oxygens (including phenoxy) is 1. The third-order valence-electron chi connectivity index (χ3n) is 3.15. The molecule has 0 radical (unpaired) electrons. The molecule has 2 N–H and O–H groups in total. The smallest absolute Gasteiger partial charge is 0.404 e. The van der Waals surface area contributed by atoms with Gasteiger partial charge in [0.15, 0.2) is 0 Å². The van der Waals surface area contributed by atoms with Crippen LogP contribution in [0.1, 0.15) is 17.8 Å². The maximum Gasteiger partial charge on any atom is 0.404 e. The first-order valence-electron chi connectivity index (χ1n) is 5.58. The first kappa shape index (κ1) is 11.9. The summed E-state index contributed by atoms with van der Waals surface area (Å²) in [6.45, 7) is 0.337. The Hall–Kier alpha value is -1.14. The fourth-order valence-corrected chi connectivity index (χ4v) is 3.43. The van der Waals surface area contributed by atoms with Crippen LogP contribution < -0.4 is 5.73 Å². The monoisotopic (exact) mass is 326 g/mol. The minimum Gasteiger partial charge on any atom is -0.449 e. The van der Waals surface area contributed by atoms with Crippen LogP contribution in [0.25, 0.3) is 10.2 Å². The summed E-state index contributed by atoms with van der Waals surface area (Å²) in [5.41, 5.74) is 5.91. The maximum absolute atomic E-state index is 10.7. The Labute approximate surface area is 116 Å². The van der Waals surface area contributed by atoms with Gasteiger partial charge in [-0.2, -0.15) is 0 Å². The van der Waals surface area contributed by atoms with Gasteiger partial charge in [0.05, 0.1) is 15.6 Å². The number of fused-ring (bicyclic) bond motifs is 1. The average Bonchev–Trinajstić information content (AvgIpc) is 3.00. The average molecular weight is 327 g/mol. The van der Waals surface area contributed by atoms with Crippen molar-refractivity contribution in [2.75, 3.05) is 6.61 Å². The topological polar surface area (TPSA) is 65.2 Å². The van der Waals surface area contributed by atoms with Gasteiger partial charge >= 0.3 is 6.09 Å². The molecule has 0 spiro atoms. The number of amides is 1. The minimum atomic E-state index is -0.717. The van der Waals surface area contributed by atoms with Crippen molar-refractivity contribution in [2.45, 2.75) is 18.3 Å². The predicted octanol–water partition coefficient (Wildman–Crippen LogP) is 3.19. The van der Waals surface area contributed by atoms with Gasteiger partial charge in [-0.1, -0.05) is 15.9 Å². The zero-order valence-electron chi connectivity index (χ0n) is 9.48. The van der Waals surface area contributed by atoms with Gasteiger partial charge in [0.2, 0.25) is 0 Å². The SMILES string of the molecule is NC(=O)OCC1(c2nc3cc(Br)ccc3s2)CC1. The molecule has 0 aliphatic heterocycles. The van der Waals surface area contributed by atoms with Crippen LogP contribution in [0, 0.1) is 0 Å². The van der Waals surface area contributed by atoms with Crippen molar-refractivity contribution in [3.05, 3.63) is 27.7 Å². The Kier molecular flexibility index (Phi) is 2.79. The van der Waals surface area contributed by atoms with Gasteiger partial charge in [-0.3, -0.25) is 0 Å². The largest absolute Gasteiger partial charge is 0.449 e. The zero-order chi connectivity index (χ0) is 12.8. The van der Waals surface area contributed by atoms with Crippen LogP contribution in [0.15, 0.2) is 22.7 Å². The van der Waals surface area contributed by atoms with E-state index in [1.807, 2.05) is 18.2 Å². The van der Waals surface area contributed by atoms with Crippen LogP contribution in [0.3, 0.4) is 0 Å². The van der Waals surface area contributed by atoms with E-state index in [0.717, 1.165) is 32.5 Å². The number of hydrogen-bond donors (Lipinski definition) is 1. The number of benzene rings is 1. The predicted molar refractivity (Wildman–Crippen MR) is 73.8 cm³/mol. The molecule has 1 aromatic carbocycles. The van der Waals surface area contributed by atoms with Gasteiger partial charge in [-0.05, 0) is 31.0 Å². The first-order valence-corrected chi connectivity index (χ1v) is 7.19. The Morgan fingerprint density at radius 2 is 2.33 bits per heavy atom. The van der Waals surface area contributed by atoms with Crippen molar-refractivity contribution in [1.29, 1.82) is 0 Å². The molecule has 1 fully saturated rings. The van der Waals surface area contributed by atoms with E-state index in [1.54, 1.807) is 11.3 Å². The van der Waals surface area contributed by atoms with Gasteiger partial charge in [0.1, 0.15) is 11.6 Å². The number of thiazole rings is 1. The second-order valence-electron chi connectivity index (χ2n) is 4.52. The number of hydrogen-bond acceptors (Lipinski definition) is 4. The lowest BCUT2D eigenvalue weighted by molar-refractivity contribution is 0.145. The second kappa shape index (κ2) is 4.20. The first-order chi connectivity index (χ1) is 8.59. The molecular weight excluding hydrogens is 316 g/mol. The van der Waals surface area contributed by atoms with E-state index < -0.39 is 6.09 Å². The summed E-state index contributed by atoms with van der Waals surface area (Å²) in [4.78, 5) is 15.3. The Balaban J connectivity index is 1.92. The summed E-state index contributed by atoms with van der Waals surface area (Å²) in [7, 11) is 0. The highest BCUT2D eigenvalue weighted by Crippen LogP contribution is 2.50. The van der Waals surface area contributed by atoms with Crippen LogP contribution >= 0.6 is 27.3 Å². The van der Waals surface area contributed by atoms with Crippen LogP contribution in [-0.4, -0.2) is 17.7 Å². The maximum atomic E-state index is 10.7. The Morgan fingerprint density at radius 3 is 3.00 bits per heavy atom. The van der Waals surface area contributed by atoms with Crippen molar-refractivity contribution in [3.8, 4) is 0 Å². The van der Waals surface area contributed by atoms with Crippen LogP contribution in [0.2, 0.25) is 0 Å². The molecule has 2 aromatic rings. The second-order valence-corrected chi connectivity index (χ2v) is 6.47. The lowest BCUT2D eigenvalue weighted by Crippen LogP contribution is -2.22. The Morgan fingerprint density at radius 1 is 1.56 bits per heavy atom. The quantitative estimate of drug-likeness (QED) is 0.941. The number of nitrogens with zero attached hydrogens (tertiary/aromatic N) is 1. The summed E-state index contributed by atoms with van der Waals surface area (Å²) >= 11 is 5.10. The van der Waals surface area contributed by atoms with Crippen molar-refractivity contribution in [1.82, 2.24) is 4.98 Å². The van der Waals surface area contributed by atoms with E-state index in [2.05, 4.69) is 20.9 Å². The summed E-state index contributed by atoms with van der Waals surface area (Å²) in [6.07, 6.45) is 1.29. The molecule has 1 saturated carbocycles. The molecule has 6 heteroatoms. The van der Waals surface area contributed by atoms with E-state index in [9.17, 15) is 4.79 Å². The van der Waals surface area contributed by atoms with Crippen molar-refractivity contribution in [2.24, 2.45) is 5.73 Å². The van der Waals surface area contributed by atoms with Gasteiger partial charge in [0, 0.05) is 4.47 Å². The van der Waals surface area contributed by atoms with E-state index in [-0.39, 0.29) is 5.41 Å². The highest BCUT2D eigenvalue weighted by Gasteiger charge is 2.48. The molecule has 18 heavy (non-hydrogen) atoms. The molecular formula is C12H11BrN2O2S. The highest BCUT2D eigenvalue weighted by molar-refractivity contribution is 9.10. The number of carbonyl (C=O) groups is 1. The van der Waals surface area contributed by atoms with Crippen molar-refractivity contribution < 1.29 is 9.53 Å². The fraction of sp³-hybridized carbons (Fsp3) is 0.333. The molecule has 1 amide bonds. The Bertz CT molecular complexity index is 622. The number of aromatic nitrogens is 1. The van der Waals surface area contributed by atoms with Crippen molar-refractivity contribution >= 4 is 43.6 Å². The molecule has 1 heterocycles. The summed E-state index contributed by atoms with van der Waals surface area (Å²) < 4.78 is 7.11. The molecule has 3 rings (SSSR count). The summed E-state index contributed by atoms with van der Waals surface area (Å²) in [5, 5.41) is 1.04. The molecule has 0 atom stereocenters. The van der Waals surface area contributed by atoms with E-state index >= 15 is 0 Å². The van der Waals surface area contributed by atoms with Crippen molar-refractivity contribution in [3.63, 3.8) is 0 Å². The van der Waals surface area contributed by atoms with Gasteiger partial charge < -0.3 is 10.5 Å². The van der Waals surface area contributed by atoms with Gasteiger partial charge in [-0.25, -0.2) is 9.78 Å². The third-order valence-corrected chi connectivity index (χ3v) is 4.92. The summed E-state index contributed by atoms with van der Waals surface area (Å²) in [5.74, 6) is 0. The lowest BCUT2D eigenvalue weighted by atomic mass is 10.1. The standard InChI is InChI=1S/C12H11BrN2O2S/c13-7-1-2-9-8(5-7)15-10(18-9)12(3-4-12)6-17-11(14)16/h1-2,5H,3-4,6H2,(H2,14,16). The number of nitrogens with two attached hydrogens (primary N) is 1. The normalized spacial score (nSPS) is 16.7. The van der Waals surface area contributed by atoms with Crippen LogP contribution in [0.4, 0.5) is 4.79 Å². The molecule has 1 aliphatic carbocycles. The molecule has 0 bridgehead atoms. The van der Waals surface area contributed by atoms with E-state index in [1.165, 1.54) is 0 Å². The number of rotatable bonds is 3. The van der Waals surface area contributed by atoms with Crippen LogP contribution in [0.5, 0.6) is 0 Å². The zero-order valence-corrected chi connectivity index (χ0v) is 11.9. The summed E-state index contributed by atoms with van der Waals surface area (Å²) in [6, 6.07) is 6.05. The number of carbonyl (C=O) groups excluding carboxylic acids is 1. The molecule has 0 saturated heterocycles. The van der Waals surface area contributed by atoms with E-state index in [0.29, 0.717) is 6.61 Å². The van der Waals surface area contributed by atoms with Crippen LogP contribution in [-0.2, 0) is 10.2 Å².